The molecule has 0 amide bonds. The molecule has 1 N–H and O–H groups in total. The van der Waals surface area contributed by atoms with E-state index in [0.717, 1.165) is 28.9 Å². The molecule has 1 fully saturated rings. The van der Waals surface area contributed by atoms with Crippen molar-refractivity contribution in [2.45, 2.75) is 57.1 Å². The SMILES string of the molecule is COc1ccc(COC2[C@H](O)CC[C@H](OCc3ccccc3)[C@H]2OCc2ccccc2)cc1. The molecule has 3 aromatic carbocycles. The van der Waals surface area contributed by atoms with Gasteiger partial charge in [0.1, 0.15) is 18.0 Å². The lowest BCUT2D eigenvalue weighted by molar-refractivity contribution is -0.201. The first-order chi connectivity index (χ1) is 16.2. The van der Waals surface area contributed by atoms with Crippen LogP contribution in [0.1, 0.15) is 29.5 Å². The van der Waals surface area contributed by atoms with Gasteiger partial charge in [-0.25, -0.2) is 0 Å². The molecular weight excluding hydrogens is 416 g/mol. The topological polar surface area (TPSA) is 57.2 Å². The minimum absolute atomic E-state index is 0.168. The first-order valence-corrected chi connectivity index (χ1v) is 11.5. The van der Waals surface area contributed by atoms with Crippen LogP contribution in [0.5, 0.6) is 5.75 Å². The number of hydrogen-bond acceptors (Lipinski definition) is 5. The minimum Gasteiger partial charge on any atom is -0.497 e. The van der Waals surface area contributed by atoms with Crippen molar-refractivity contribution < 1.29 is 24.1 Å². The second-order valence-electron chi connectivity index (χ2n) is 8.36. The Balaban J connectivity index is 1.45. The van der Waals surface area contributed by atoms with Crippen LogP contribution in [-0.4, -0.2) is 36.6 Å². The van der Waals surface area contributed by atoms with Gasteiger partial charge in [0, 0.05) is 0 Å². The summed E-state index contributed by atoms with van der Waals surface area (Å²) in [7, 11) is 1.65. The fraction of sp³-hybridized carbons (Fsp3) is 0.357. The largest absolute Gasteiger partial charge is 0.497 e. The molecule has 0 bridgehead atoms. The second kappa shape index (κ2) is 12.0. The van der Waals surface area contributed by atoms with Crippen molar-refractivity contribution in [1.29, 1.82) is 0 Å². The molecule has 33 heavy (non-hydrogen) atoms. The van der Waals surface area contributed by atoms with E-state index >= 15 is 0 Å². The van der Waals surface area contributed by atoms with Crippen LogP contribution in [0, 0.1) is 0 Å². The van der Waals surface area contributed by atoms with E-state index in [1.165, 1.54) is 0 Å². The van der Waals surface area contributed by atoms with Crippen LogP contribution in [0.15, 0.2) is 84.9 Å². The number of ether oxygens (including phenoxy) is 4. The summed E-state index contributed by atoms with van der Waals surface area (Å²) in [4.78, 5) is 0. The second-order valence-corrected chi connectivity index (χ2v) is 8.36. The van der Waals surface area contributed by atoms with Crippen LogP contribution in [-0.2, 0) is 34.0 Å². The number of hydrogen-bond donors (Lipinski definition) is 1. The van der Waals surface area contributed by atoms with Gasteiger partial charge < -0.3 is 24.1 Å². The Kier molecular flexibility index (Phi) is 8.50. The number of aliphatic hydroxyl groups is 1. The lowest BCUT2D eigenvalue weighted by atomic mass is 9.89. The number of aliphatic hydroxyl groups excluding tert-OH is 1. The Morgan fingerprint density at radius 1 is 0.636 bits per heavy atom. The highest BCUT2D eigenvalue weighted by molar-refractivity contribution is 5.26. The predicted octanol–water partition coefficient (Wildman–Crippen LogP) is 4.91. The van der Waals surface area contributed by atoms with Gasteiger partial charge in [-0.1, -0.05) is 72.8 Å². The molecule has 4 atom stereocenters. The van der Waals surface area contributed by atoms with Gasteiger partial charge in [-0.3, -0.25) is 0 Å². The third kappa shape index (κ3) is 6.65. The van der Waals surface area contributed by atoms with E-state index in [2.05, 4.69) is 12.1 Å². The van der Waals surface area contributed by atoms with Crippen LogP contribution < -0.4 is 4.74 Å². The van der Waals surface area contributed by atoms with Crippen molar-refractivity contribution in [3.63, 3.8) is 0 Å². The summed E-state index contributed by atoms with van der Waals surface area (Å²) in [5.41, 5.74) is 3.20. The summed E-state index contributed by atoms with van der Waals surface area (Å²) in [6.45, 7) is 1.31. The Morgan fingerprint density at radius 3 is 1.73 bits per heavy atom. The molecule has 1 aliphatic carbocycles. The molecule has 1 aliphatic rings. The van der Waals surface area contributed by atoms with Crippen LogP contribution in [0.3, 0.4) is 0 Å². The van der Waals surface area contributed by atoms with Gasteiger partial charge in [-0.2, -0.15) is 0 Å². The van der Waals surface area contributed by atoms with Crippen molar-refractivity contribution >= 4 is 0 Å². The fourth-order valence-electron chi connectivity index (χ4n) is 4.14. The van der Waals surface area contributed by atoms with Gasteiger partial charge in [-0.05, 0) is 41.7 Å². The van der Waals surface area contributed by atoms with Crippen LogP contribution in [0.4, 0.5) is 0 Å². The summed E-state index contributed by atoms with van der Waals surface area (Å²) in [6, 6.07) is 27.9. The highest BCUT2D eigenvalue weighted by Gasteiger charge is 2.41. The summed E-state index contributed by atoms with van der Waals surface area (Å²) in [5, 5.41) is 10.8. The number of benzene rings is 3. The highest BCUT2D eigenvalue weighted by atomic mass is 16.6. The molecule has 0 radical (unpaired) electrons. The summed E-state index contributed by atoms with van der Waals surface area (Å²) >= 11 is 0. The summed E-state index contributed by atoms with van der Waals surface area (Å²) in [5.74, 6) is 0.801. The van der Waals surface area contributed by atoms with E-state index in [9.17, 15) is 5.11 Å². The van der Waals surface area contributed by atoms with Crippen LogP contribution in [0.25, 0.3) is 0 Å². The van der Waals surface area contributed by atoms with Crippen molar-refractivity contribution in [2.75, 3.05) is 7.11 Å². The average molecular weight is 449 g/mol. The predicted molar refractivity (Wildman–Crippen MR) is 127 cm³/mol. The molecule has 1 saturated carbocycles. The van der Waals surface area contributed by atoms with E-state index in [0.29, 0.717) is 26.2 Å². The van der Waals surface area contributed by atoms with E-state index in [1.807, 2.05) is 72.8 Å². The average Bonchev–Trinajstić information content (AvgIpc) is 2.87. The van der Waals surface area contributed by atoms with Crippen LogP contribution >= 0.6 is 0 Å². The molecular formula is C28H32O5. The summed E-state index contributed by atoms with van der Waals surface area (Å²) in [6.07, 6.45) is -0.312. The zero-order valence-corrected chi connectivity index (χ0v) is 19.0. The van der Waals surface area contributed by atoms with Gasteiger partial charge in [0.25, 0.3) is 0 Å². The normalized spacial score (nSPS) is 22.7. The molecule has 3 aromatic rings. The van der Waals surface area contributed by atoms with Crippen molar-refractivity contribution in [1.82, 2.24) is 0 Å². The third-order valence-corrected chi connectivity index (χ3v) is 6.01. The van der Waals surface area contributed by atoms with Crippen LogP contribution in [0.2, 0.25) is 0 Å². The molecule has 0 aromatic heterocycles. The lowest BCUT2D eigenvalue weighted by Gasteiger charge is -2.40. The fourth-order valence-corrected chi connectivity index (χ4v) is 4.14. The van der Waals surface area contributed by atoms with E-state index in [4.69, 9.17) is 18.9 Å². The molecule has 5 heteroatoms. The number of methoxy groups -OCH3 is 1. The Bertz CT molecular complexity index is 945. The van der Waals surface area contributed by atoms with E-state index in [1.54, 1.807) is 7.11 Å². The zero-order valence-electron chi connectivity index (χ0n) is 19.0. The highest BCUT2D eigenvalue weighted by Crippen LogP contribution is 2.30. The van der Waals surface area contributed by atoms with E-state index < -0.39 is 12.2 Å². The Hall–Kier alpha value is -2.70. The maximum atomic E-state index is 10.8. The first-order valence-electron chi connectivity index (χ1n) is 11.5. The molecule has 5 nitrogen and oxygen atoms in total. The molecule has 0 aliphatic heterocycles. The lowest BCUT2D eigenvalue weighted by Crippen LogP contribution is -2.52. The van der Waals surface area contributed by atoms with Gasteiger partial charge >= 0.3 is 0 Å². The van der Waals surface area contributed by atoms with Crippen molar-refractivity contribution in [3.8, 4) is 5.75 Å². The molecule has 4 rings (SSSR count). The van der Waals surface area contributed by atoms with Gasteiger partial charge in [0.15, 0.2) is 0 Å². The molecule has 174 valence electrons. The maximum absolute atomic E-state index is 10.8. The molecule has 0 saturated heterocycles. The maximum Gasteiger partial charge on any atom is 0.118 e. The van der Waals surface area contributed by atoms with Gasteiger partial charge in [0.05, 0.1) is 39.1 Å². The standard InChI is InChI=1S/C28H32O5/c1-30-24-14-12-23(13-15-24)20-32-27-25(29)16-17-26(31-18-21-8-4-2-5-9-21)28(27)33-19-22-10-6-3-7-11-22/h2-15,25-29H,16-20H2,1H3/t25-,26+,27?,28-/m1/s1. The van der Waals surface area contributed by atoms with Crippen molar-refractivity contribution in [3.05, 3.63) is 102 Å². The van der Waals surface area contributed by atoms with Gasteiger partial charge in [0.2, 0.25) is 0 Å². The minimum atomic E-state index is -0.611. The third-order valence-electron chi connectivity index (χ3n) is 6.01. The quantitative estimate of drug-likeness (QED) is 0.478. The Morgan fingerprint density at radius 2 is 1.15 bits per heavy atom. The van der Waals surface area contributed by atoms with E-state index in [-0.39, 0.29) is 12.2 Å². The van der Waals surface area contributed by atoms with Crippen molar-refractivity contribution in [2.24, 2.45) is 0 Å². The number of rotatable bonds is 10. The molecule has 1 unspecified atom stereocenters. The first kappa shape index (κ1) is 23.5. The molecule has 0 spiro atoms. The summed E-state index contributed by atoms with van der Waals surface area (Å²) < 4.78 is 24.1. The zero-order chi connectivity index (χ0) is 22.9. The Labute approximate surface area is 195 Å². The smallest absolute Gasteiger partial charge is 0.118 e. The molecule has 0 heterocycles. The monoisotopic (exact) mass is 448 g/mol. The van der Waals surface area contributed by atoms with Gasteiger partial charge in [-0.15, -0.1) is 0 Å².